The average Bonchev–Trinajstić information content (AvgIpc) is 2.53. The molecule has 3 rings (SSSR count). The lowest BCUT2D eigenvalue weighted by molar-refractivity contribution is -0.119. The molecule has 1 saturated heterocycles. The van der Waals surface area contributed by atoms with Crippen LogP contribution in [-0.4, -0.2) is 18.5 Å². The zero-order chi connectivity index (χ0) is 17.3. The molecule has 1 amide bonds. The van der Waals surface area contributed by atoms with Gasteiger partial charge >= 0.3 is 0 Å². The maximum absolute atomic E-state index is 13.8. The zero-order valence-corrected chi connectivity index (χ0v) is 14.0. The van der Waals surface area contributed by atoms with E-state index < -0.39 is 11.6 Å². The number of nitrogens with one attached hydrogen (secondary N) is 1. The monoisotopic (exact) mass is 370 g/mol. The Balaban J connectivity index is 1.82. The lowest BCUT2D eigenvalue weighted by Gasteiger charge is -2.34. The number of nitrogens with zero attached hydrogens (tertiary/aromatic N) is 1. The molecule has 1 fully saturated rings. The molecule has 1 unspecified atom stereocenters. The molecule has 0 aromatic heterocycles. The van der Waals surface area contributed by atoms with Gasteiger partial charge in [-0.2, -0.15) is 0 Å². The van der Waals surface area contributed by atoms with Gasteiger partial charge in [-0.25, -0.2) is 8.78 Å². The van der Waals surface area contributed by atoms with Gasteiger partial charge in [-0.3, -0.25) is 4.79 Å². The molecule has 0 spiro atoms. The highest BCUT2D eigenvalue weighted by molar-refractivity contribution is 6.39. The van der Waals surface area contributed by atoms with Gasteiger partial charge < -0.3 is 10.2 Å². The molecule has 2 aromatic carbocycles. The smallest absolute Gasteiger partial charge is 0.227 e. The van der Waals surface area contributed by atoms with Gasteiger partial charge in [0.15, 0.2) is 0 Å². The Bertz CT molecular complexity index is 765. The van der Waals surface area contributed by atoms with Crippen LogP contribution in [0.1, 0.15) is 12.8 Å². The third-order valence-corrected chi connectivity index (χ3v) is 4.52. The molecule has 126 valence electrons. The van der Waals surface area contributed by atoms with E-state index in [9.17, 15) is 13.6 Å². The predicted molar refractivity (Wildman–Crippen MR) is 91.8 cm³/mol. The van der Waals surface area contributed by atoms with Crippen LogP contribution >= 0.6 is 23.2 Å². The van der Waals surface area contributed by atoms with Crippen LogP contribution < -0.4 is 10.2 Å². The summed E-state index contributed by atoms with van der Waals surface area (Å²) in [6.45, 7) is 0.291. The minimum absolute atomic E-state index is 0.0948. The Morgan fingerprint density at radius 2 is 1.83 bits per heavy atom. The second kappa shape index (κ2) is 6.95. The van der Waals surface area contributed by atoms with Crippen LogP contribution in [0.2, 0.25) is 10.0 Å². The standard InChI is InChI=1S/C17H14Cl2F2N2O/c18-12-2-1-3-13(19)17(12)23-9-11(5-7-16(23)24)22-15-6-4-10(20)8-14(15)21/h1-4,6,8,11,22H,5,7,9H2. The lowest BCUT2D eigenvalue weighted by Crippen LogP contribution is -2.46. The summed E-state index contributed by atoms with van der Waals surface area (Å²) < 4.78 is 26.8. The van der Waals surface area contributed by atoms with Crippen LogP contribution in [0.4, 0.5) is 20.2 Å². The van der Waals surface area contributed by atoms with Crippen molar-refractivity contribution in [3.8, 4) is 0 Å². The number of para-hydroxylation sites is 1. The van der Waals surface area contributed by atoms with Crippen molar-refractivity contribution >= 4 is 40.5 Å². The van der Waals surface area contributed by atoms with E-state index in [0.717, 1.165) is 6.07 Å². The number of hydrogen-bond acceptors (Lipinski definition) is 2. The van der Waals surface area contributed by atoms with Gasteiger partial charge in [0.25, 0.3) is 0 Å². The van der Waals surface area contributed by atoms with E-state index in [-0.39, 0.29) is 24.1 Å². The molecule has 7 heteroatoms. The first kappa shape index (κ1) is 17.0. The minimum Gasteiger partial charge on any atom is -0.378 e. The summed E-state index contributed by atoms with van der Waals surface area (Å²) in [5, 5.41) is 3.77. The molecular formula is C17H14Cl2F2N2O. The van der Waals surface area contributed by atoms with E-state index in [1.165, 1.54) is 17.0 Å². The largest absolute Gasteiger partial charge is 0.378 e. The first-order chi connectivity index (χ1) is 11.5. The van der Waals surface area contributed by atoms with Gasteiger partial charge in [-0.15, -0.1) is 0 Å². The third kappa shape index (κ3) is 3.47. The molecule has 0 saturated carbocycles. The van der Waals surface area contributed by atoms with Crippen molar-refractivity contribution in [2.24, 2.45) is 0 Å². The van der Waals surface area contributed by atoms with Gasteiger partial charge in [0.2, 0.25) is 5.91 Å². The molecule has 1 N–H and O–H groups in total. The number of rotatable bonds is 3. The number of carbonyl (C=O) groups is 1. The normalized spacial score (nSPS) is 17.9. The van der Waals surface area contributed by atoms with Crippen LogP contribution in [0.5, 0.6) is 0 Å². The van der Waals surface area contributed by atoms with Crippen molar-refractivity contribution in [3.63, 3.8) is 0 Å². The van der Waals surface area contributed by atoms with Crippen molar-refractivity contribution in [1.29, 1.82) is 0 Å². The molecule has 1 aliphatic heterocycles. The molecule has 1 atom stereocenters. The van der Waals surface area contributed by atoms with Crippen molar-refractivity contribution in [3.05, 3.63) is 58.1 Å². The highest BCUT2D eigenvalue weighted by Crippen LogP contribution is 2.36. The second-order valence-electron chi connectivity index (χ2n) is 5.58. The van der Waals surface area contributed by atoms with Gasteiger partial charge in [-0.1, -0.05) is 29.3 Å². The first-order valence-electron chi connectivity index (χ1n) is 7.41. The number of hydrogen-bond donors (Lipinski definition) is 1. The summed E-state index contributed by atoms with van der Waals surface area (Å²) in [4.78, 5) is 13.8. The van der Waals surface area contributed by atoms with Crippen LogP contribution in [0.15, 0.2) is 36.4 Å². The molecule has 1 heterocycles. The van der Waals surface area contributed by atoms with Gasteiger partial charge in [0.1, 0.15) is 11.6 Å². The summed E-state index contributed by atoms with van der Waals surface area (Å²) in [7, 11) is 0. The van der Waals surface area contributed by atoms with E-state index in [1.54, 1.807) is 18.2 Å². The maximum Gasteiger partial charge on any atom is 0.227 e. The molecular weight excluding hydrogens is 357 g/mol. The SMILES string of the molecule is O=C1CCC(Nc2ccc(F)cc2F)CN1c1c(Cl)cccc1Cl. The van der Waals surface area contributed by atoms with Crippen molar-refractivity contribution in [1.82, 2.24) is 0 Å². The fourth-order valence-corrected chi connectivity index (χ4v) is 3.35. The zero-order valence-electron chi connectivity index (χ0n) is 12.5. The van der Waals surface area contributed by atoms with Crippen LogP contribution in [0.25, 0.3) is 0 Å². The molecule has 1 aliphatic rings. The van der Waals surface area contributed by atoms with Gasteiger partial charge in [0.05, 0.1) is 21.4 Å². The van der Waals surface area contributed by atoms with Gasteiger partial charge in [0, 0.05) is 25.1 Å². The average molecular weight is 371 g/mol. The quantitative estimate of drug-likeness (QED) is 0.834. The Hall–Kier alpha value is -1.85. The minimum atomic E-state index is -0.672. The van der Waals surface area contributed by atoms with Crippen LogP contribution in [0, 0.1) is 11.6 Å². The van der Waals surface area contributed by atoms with Crippen molar-refractivity contribution in [2.75, 3.05) is 16.8 Å². The lowest BCUT2D eigenvalue weighted by atomic mass is 10.0. The number of anilines is 2. The molecule has 2 aromatic rings. The highest BCUT2D eigenvalue weighted by Gasteiger charge is 2.29. The maximum atomic E-state index is 13.8. The highest BCUT2D eigenvalue weighted by atomic mass is 35.5. The number of benzene rings is 2. The van der Waals surface area contributed by atoms with Crippen molar-refractivity contribution < 1.29 is 13.6 Å². The number of amides is 1. The number of halogens is 4. The Morgan fingerprint density at radius 1 is 1.12 bits per heavy atom. The first-order valence-corrected chi connectivity index (χ1v) is 8.17. The van der Waals surface area contributed by atoms with Crippen LogP contribution in [-0.2, 0) is 4.79 Å². The number of piperidine rings is 1. The molecule has 0 aliphatic carbocycles. The van der Waals surface area contributed by atoms with E-state index in [2.05, 4.69) is 5.32 Å². The molecule has 3 nitrogen and oxygen atoms in total. The molecule has 0 bridgehead atoms. The Labute approximate surface area is 148 Å². The summed E-state index contributed by atoms with van der Waals surface area (Å²) in [5.74, 6) is -1.40. The summed E-state index contributed by atoms with van der Waals surface area (Å²) in [6.07, 6.45) is 0.816. The number of carbonyl (C=O) groups excluding carboxylic acids is 1. The summed E-state index contributed by atoms with van der Waals surface area (Å²) in [6, 6.07) is 8.16. The van der Waals surface area contributed by atoms with E-state index in [0.29, 0.717) is 28.7 Å². The van der Waals surface area contributed by atoms with E-state index in [4.69, 9.17) is 23.2 Å². The predicted octanol–water partition coefficient (Wildman–Crippen LogP) is 4.88. The van der Waals surface area contributed by atoms with Crippen LogP contribution in [0.3, 0.4) is 0 Å². The third-order valence-electron chi connectivity index (χ3n) is 3.91. The molecule has 0 radical (unpaired) electrons. The topological polar surface area (TPSA) is 32.3 Å². The summed E-state index contributed by atoms with van der Waals surface area (Å²) in [5.41, 5.74) is 0.651. The van der Waals surface area contributed by atoms with Gasteiger partial charge in [-0.05, 0) is 30.7 Å². The van der Waals surface area contributed by atoms with E-state index in [1.807, 2.05) is 0 Å². The fraction of sp³-hybridized carbons (Fsp3) is 0.235. The molecule has 24 heavy (non-hydrogen) atoms. The van der Waals surface area contributed by atoms with Crippen molar-refractivity contribution in [2.45, 2.75) is 18.9 Å². The Kier molecular flexibility index (Phi) is 4.92. The Morgan fingerprint density at radius 3 is 2.50 bits per heavy atom. The van der Waals surface area contributed by atoms with E-state index >= 15 is 0 Å². The summed E-state index contributed by atoms with van der Waals surface area (Å²) >= 11 is 12.4. The second-order valence-corrected chi connectivity index (χ2v) is 6.39. The fourth-order valence-electron chi connectivity index (χ4n) is 2.75.